The van der Waals surface area contributed by atoms with Crippen LogP contribution in [0.15, 0.2) is 29.3 Å². The third-order valence-corrected chi connectivity index (χ3v) is 6.28. The number of methoxy groups -OCH3 is 1. The van der Waals surface area contributed by atoms with Crippen LogP contribution < -0.4 is 9.46 Å². The number of hydrogen-bond donors (Lipinski definition) is 1. The number of nitrogens with zero attached hydrogens (tertiary/aromatic N) is 3. The predicted octanol–water partition coefficient (Wildman–Crippen LogP) is 3.29. The second kappa shape index (κ2) is 6.64. The number of anilines is 1. The van der Waals surface area contributed by atoms with Crippen LogP contribution in [0.25, 0.3) is 4.96 Å². The maximum Gasteiger partial charge on any atom is 0.281 e. The van der Waals surface area contributed by atoms with Crippen molar-refractivity contribution in [1.82, 2.24) is 14.6 Å². The van der Waals surface area contributed by atoms with Crippen molar-refractivity contribution < 1.29 is 13.2 Å². The van der Waals surface area contributed by atoms with Crippen molar-refractivity contribution >= 4 is 32.0 Å². The van der Waals surface area contributed by atoms with Crippen LogP contribution in [0.2, 0.25) is 0 Å². The van der Waals surface area contributed by atoms with E-state index in [1.165, 1.54) is 23.0 Å². The van der Waals surface area contributed by atoms with Gasteiger partial charge in [-0.15, -0.1) is 0 Å². The first-order valence-electron chi connectivity index (χ1n) is 7.91. The van der Waals surface area contributed by atoms with E-state index in [0.29, 0.717) is 28.5 Å². The Morgan fingerprint density at radius 3 is 2.76 bits per heavy atom. The highest BCUT2D eigenvalue weighted by atomic mass is 32.2. The van der Waals surface area contributed by atoms with Gasteiger partial charge in [0.15, 0.2) is 0 Å². The lowest BCUT2D eigenvalue weighted by molar-refractivity contribution is 0.415. The summed E-state index contributed by atoms with van der Waals surface area (Å²) in [4.78, 5) is 5.04. The quantitative estimate of drug-likeness (QED) is 0.709. The first-order valence-corrected chi connectivity index (χ1v) is 10.2. The molecule has 0 atom stereocenters. The van der Waals surface area contributed by atoms with Crippen LogP contribution in [-0.2, 0) is 16.4 Å². The van der Waals surface area contributed by atoms with E-state index >= 15 is 0 Å². The molecule has 0 amide bonds. The molecule has 25 heavy (non-hydrogen) atoms. The molecule has 0 radical (unpaired) electrons. The number of nitrogens with one attached hydrogen (secondary N) is 1. The van der Waals surface area contributed by atoms with E-state index in [0.717, 1.165) is 5.01 Å². The molecule has 0 unspecified atom stereocenters. The molecule has 3 aromatic rings. The van der Waals surface area contributed by atoms with Gasteiger partial charge in [-0.05, 0) is 18.6 Å². The minimum atomic E-state index is -3.84. The molecule has 0 aliphatic rings. The van der Waals surface area contributed by atoms with E-state index in [1.807, 2.05) is 20.8 Å². The Kier molecular flexibility index (Phi) is 4.70. The van der Waals surface area contributed by atoms with Crippen molar-refractivity contribution in [2.24, 2.45) is 0 Å². The van der Waals surface area contributed by atoms with E-state index in [2.05, 4.69) is 14.8 Å². The van der Waals surface area contributed by atoms with Gasteiger partial charge < -0.3 is 4.74 Å². The van der Waals surface area contributed by atoms with Gasteiger partial charge in [-0.25, -0.2) is 4.98 Å². The van der Waals surface area contributed by atoms with E-state index in [-0.39, 0.29) is 10.9 Å². The zero-order valence-corrected chi connectivity index (χ0v) is 16.1. The highest BCUT2D eigenvalue weighted by molar-refractivity contribution is 7.92. The van der Waals surface area contributed by atoms with Crippen molar-refractivity contribution in [1.29, 1.82) is 0 Å². The molecule has 9 heteroatoms. The molecular formula is C16H20N4O3S2. The fourth-order valence-corrected chi connectivity index (χ4v) is 4.78. The van der Waals surface area contributed by atoms with Gasteiger partial charge in [-0.2, -0.15) is 18.0 Å². The topological polar surface area (TPSA) is 85.6 Å². The zero-order chi connectivity index (χ0) is 18.2. The van der Waals surface area contributed by atoms with Gasteiger partial charge in [-0.3, -0.25) is 4.72 Å². The molecule has 0 aliphatic carbocycles. The molecule has 0 saturated carbocycles. The standard InChI is InChI=1S/C16H20N4O3S2/c1-5-13-15(20-16(17-13)24-14(18-20)10(2)3)25(21,22)19-11-7-6-8-12(9-11)23-4/h6-10,19H,5H2,1-4H3. The van der Waals surface area contributed by atoms with Gasteiger partial charge in [0.2, 0.25) is 9.99 Å². The molecule has 0 saturated heterocycles. The van der Waals surface area contributed by atoms with Crippen molar-refractivity contribution in [3.05, 3.63) is 35.0 Å². The minimum Gasteiger partial charge on any atom is -0.497 e. The summed E-state index contributed by atoms with van der Waals surface area (Å²) in [5.74, 6) is 0.781. The lowest BCUT2D eigenvalue weighted by Gasteiger charge is -2.09. The number of aromatic nitrogens is 3. The highest BCUT2D eigenvalue weighted by Gasteiger charge is 2.27. The Morgan fingerprint density at radius 1 is 1.36 bits per heavy atom. The summed E-state index contributed by atoms with van der Waals surface area (Å²) in [5.41, 5.74) is 0.931. The molecule has 0 bridgehead atoms. The van der Waals surface area contributed by atoms with Gasteiger partial charge in [0.1, 0.15) is 10.8 Å². The van der Waals surface area contributed by atoms with Crippen molar-refractivity contribution in [3.63, 3.8) is 0 Å². The summed E-state index contributed by atoms with van der Waals surface area (Å²) in [7, 11) is -2.30. The first-order chi connectivity index (χ1) is 11.9. The Morgan fingerprint density at radius 2 is 2.12 bits per heavy atom. The smallest absolute Gasteiger partial charge is 0.281 e. The number of ether oxygens (including phenoxy) is 1. The second-order valence-electron chi connectivity index (χ2n) is 5.84. The van der Waals surface area contributed by atoms with Gasteiger partial charge >= 0.3 is 0 Å². The number of hydrogen-bond acceptors (Lipinski definition) is 6. The average Bonchev–Trinajstić information content (AvgIpc) is 3.11. The number of imidazole rings is 1. The summed E-state index contributed by atoms with van der Waals surface area (Å²) in [6, 6.07) is 6.78. The number of benzene rings is 1. The van der Waals surface area contributed by atoms with Crippen molar-refractivity contribution in [3.8, 4) is 5.75 Å². The van der Waals surface area contributed by atoms with Crippen LogP contribution in [0, 0.1) is 0 Å². The van der Waals surface area contributed by atoms with Crippen LogP contribution in [0.1, 0.15) is 37.4 Å². The second-order valence-corrected chi connectivity index (χ2v) is 8.43. The fraction of sp³-hybridized carbons (Fsp3) is 0.375. The van der Waals surface area contributed by atoms with Gasteiger partial charge in [0.25, 0.3) is 10.0 Å². The molecule has 2 heterocycles. The largest absolute Gasteiger partial charge is 0.497 e. The van der Waals surface area contributed by atoms with Gasteiger partial charge in [0, 0.05) is 12.0 Å². The summed E-state index contributed by atoms with van der Waals surface area (Å²) in [6.45, 7) is 5.91. The molecule has 0 fully saturated rings. The zero-order valence-electron chi connectivity index (χ0n) is 14.5. The third-order valence-electron chi connectivity index (χ3n) is 3.65. The Hall–Kier alpha value is -2.13. The Bertz CT molecular complexity index is 1010. The van der Waals surface area contributed by atoms with Gasteiger partial charge in [-0.1, -0.05) is 38.2 Å². The molecule has 2 aromatic heterocycles. The lowest BCUT2D eigenvalue weighted by Crippen LogP contribution is -2.17. The minimum absolute atomic E-state index is 0.0935. The third kappa shape index (κ3) is 3.34. The molecule has 3 rings (SSSR count). The van der Waals surface area contributed by atoms with E-state index < -0.39 is 10.0 Å². The highest BCUT2D eigenvalue weighted by Crippen LogP contribution is 2.28. The van der Waals surface area contributed by atoms with Crippen LogP contribution in [0.4, 0.5) is 5.69 Å². The van der Waals surface area contributed by atoms with Crippen LogP contribution >= 0.6 is 11.3 Å². The number of aryl methyl sites for hydroxylation is 1. The van der Waals surface area contributed by atoms with Crippen LogP contribution in [-0.4, -0.2) is 30.1 Å². The summed E-state index contributed by atoms with van der Waals surface area (Å²) in [5, 5.41) is 5.39. The van der Waals surface area contributed by atoms with Gasteiger partial charge in [0.05, 0.1) is 18.5 Å². The molecule has 0 aliphatic heterocycles. The summed E-state index contributed by atoms with van der Waals surface area (Å²) >= 11 is 1.41. The van der Waals surface area contributed by atoms with E-state index in [4.69, 9.17) is 4.74 Å². The SMILES string of the molecule is CCc1nc2sc(C(C)C)nn2c1S(=O)(=O)Nc1cccc(OC)c1. The normalized spacial score (nSPS) is 12.0. The lowest BCUT2D eigenvalue weighted by atomic mass is 10.2. The van der Waals surface area contributed by atoms with Crippen LogP contribution in [0.3, 0.4) is 0 Å². The summed E-state index contributed by atoms with van der Waals surface area (Å²) in [6.07, 6.45) is 0.501. The number of rotatable bonds is 6. The summed E-state index contributed by atoms with van der Waals surface area (Å²) < 4.78 is 35.1. The first kappa shape index (κ1) is 17.7. The average molecular weight is 380 g/mol. The molecule has 1 N–H and O–H groups in total. The Balaban J connectivity index is 2.08. The van der Waals surface area contributed by atoms with E-state index in [1.54, 1.807) is 24.3 Å². The predicted molar refractivity (Wildman–Crippen MR) is 98.1 cm³/mol. The monoisotopic (exact) mass is 380 g/mol. The van der Waals surface area contributed by atoms with Crippen LogP contribution in [0.5, 0.6) is 5.75 Å². The van der Waals surface area contributed by atoms with E-state index in [9.17, 15) is 8.42 Å². The van der Waals surface area contributed by atoms with Crippen molar-refractivity contribution in [2.45, 2.75) is 38.1 Å². The number of sulfonamides is 1. The fourth-order valence-electron chi connectivity index (χ4n) is 2.41. The maximum atomic E-state index is 13.0. The molecule has 134 valence electrons. The molecule has 7 nitrogen and oxygen atoms in total. The molecule has 1 aromatic carbocycles. The Labute approximate surface area is 150 Å². The molecular weight excluding hydrogens is 360 g/mol. The van der Waals surface area contributed by atoms with Crippen molar-refractivity contribution in [2.75, 3.05) is 11.8 Å². The molecule has 0 spiro atoms. The number of fused-ring (bicyclic) bond motifs is 1. The maximum absolute atomic E-state index is 13.0.